The molecule has 0 aromatic carbocycles. The Morgan fingerprint density at radius 1 is 1.75 bits per heavy atom. The van der Waals surface area contributed by atoms with Gasteiger partial charge in [-0.2, -0.15) is 0 Å². The van der Waals surface area contributed by atoms with Crippen LogP contribution < -0.4 is 0 Å². The number of hydrogen-bond acceptors (Lipinski definition) is 4. The van der Waals surface area contributed by atoms with Crippen molar-refractivity contribution < 1.29 is 9.90 Å². The van der Waals surface area contributed by atoms with E-state index in [4.69, 9.17) is 5.11 Å². The van der Waals surface area contributed by atoms with Crippen molar-refractivity contribution in [2.75, 3.05) is 14.1 Å². The second-order valence-electron chi connectivity index (χ2n) is 2.66. The molecule has 0 aliphatic carbocycles. The van der Waals surface area contributed by atoms with Gasteiger partial charge < -0.3 is 10.0 Å². The van der Waals surface area contributed by atoms with Gasteiger partial charge in [-0.1, -0.05) is 0 Å². The van der Waals surface area contributed by atoms with Crippen molar-refractivity contribution in [1.29, 1.82) is 0 Å². The van der Waals surface area contributed by atoms with Gasteiger partial charge in [-0.15, -0.1) is 11.3 Å². The molecule has 0 spiro atoms. The molecule has 0 fully saturated rings. The van der Waals surface area contributed by atoms with Gasteiger partial charge in [-0.05, 0) is 14.1 Å². The Balaban J connectivity index is 2.71. The molecule has 66 valence electrons. The smallest absolute Gasteiger partial charge is 0.347 e. The fraction of sp³-hybridized carbons (Fsp3) is 0.429. The summed E-state index contributed by atoms with van der Waals surface area (Å²) in [5.41, 5.74) is 0. The first-order valence-corrected chi connectivity index (χ1v) is 4.24. The normalized spacial score (nSPS) is 10.6. The topological polar surface area (TPSA) is 53.4 Å². The molecule has 0 aliphatic heterocycles. The molecular formula is C7H10N2O2S. The van der Waals surface area contributed by atoms with E-state index >= 15 is 0 Å². The Morgan fingerprint density at radius 2 is 2.42 bits per heavy atom. The highest BCUT2D eigenvalue weighted by Crippen LogP contribution is 2.13. The standard InChI is InChI=1S/C7H10N2O2S/c1-9(2)4-6-8-3-5(12-6)7(10)11/h3H,4H2,1-2H3,(H,10,11). The number of carbonyl (C=O) groups is 1. The van der Waals surface area contributed by atoms with Gasteiger partial charge in [0.25, 0.3) is 0 Å². The number of carboxylic acid groups (broad SMARTS) is 1. The molecule has 4 nitrogen and oxygen atoms in total. The first-order valence-electron chi connectivity index (χ1n) is 3.42. The van der Waals surface area contributed by atoms with E-state index in [0.29, 0.717) is 11.4 Å². The summed E-state index contributed by atoms with van der Waals surface area (Å²) in [5, 5.41) is 9.42. The Labute approximate surface area is 74.5 Å². The number of aromatic nitrogens is 1. The molecule has 0 bridgehead atoms. The highest BCUT2D eigenvalue weighted by molar-refractivity contribution is 7.13. The third kappa shape index (κ3) is 2.28. The number of carboxylic acids is 1. The van der Waals surface area contributed by atoms with Crippen LogP contribution in [0.1, 0.15) is 14.7 Å². The summed E-state index contributed by atoms with van der Waals surface area (Å²) in [7, 11) is 3.84. The van der Waals surface area contributed by atoms with Crippen LogP contribution in [-0.4, -0.2) is 35.1 Å². The summed E-state index contributed by atoms with van der Waals surface area (Å²) < 4.78 is 0. The molecule has 1 aromatic heterocycles. The van der Waals surface area contributed by atoms with E-state index < -0.39 is 5.97 Å². The minimum absolute atomic E-state index is 0.298. The number of aromatic carboxylic acids is 1. The number of rotatable bonds is 3. The van der Waals surface area contributed by atoms with Gasteiger partial charge in [0.1, 0.15) is 9.88 Å². The van der Waals surface area contributed by atoms with E-state index in [1.54, 1.807) is 0 Å². The zero-order valence-electron chi connectivity index (χ0n) is 6.94. The Bertz CT molecular complexity index is 283. The Hall–Kier alpha value is -0.940. The molecule has 0 saturated carbocycles. The molecule has 1 rings (SSSR count). The van der Waals surface area contributed by atoms with E-state index in [9.17, 15) is 4.79 Å². The monoisotopic (exact) mass is 186 g/mol. The predicted molar refractivity (Wildman–Crippen MR) is 46.5 cm³/mol. The second-order valence-corrected chi connectivity index (χ2v) is 3.78. The number of nitrogens with zero attached hydrogens (tertiary/aromatic N) is 2. The second kappa shape index (κ2) is 3.64. The largest absolute Gasteiger partial charge is 0.477 e. The van der Waals surface area contributed by atoms with E-state index in [1.807, 2.05) is 19.0 Å². The molecule has 5 heteroatoms. The van der Waals surface area contributed by atoms with Gasteiger partial charge in [0.05, 0.1) is 6.20 Å². The molecule has 12 heavy (non-hydrogen) atoms. The maximum Gasteiger partial charge on any atom is 0.347 e. The molecule has 0 atom stereocenters. The third-order valence-electron chi connectivity index (χ3n) is 1.22. The summed E-state index contributed by atoms with van der Waals surface area (Å²) in [4.78, 5) is 16.7. The first kappa shape index (κ1) is 9.15. The Kier molecular flexibility index (Phi) is 2.78. The van der Waals surface area contributed by atoms with Crippen LogP contribution in [0.4, 0.5) is 0 Å². The van der Waals surface area contributed by atoms with Crippen molar-refractivity contribution >= 4 is 17.3 Å². The molecule has 0 aliphatic rings. The van der Waals surface area contributed by atoms with Crippen molar-refractivity contribution in [2.45, 2.75) is 6.54 Å². The van der Waals surface area contributed by atoms with Gasteiger partial charge in [0.15, 0.2) is 0 Å². The molecule has 1 heterocycles. The van der Waals surface area contributed by atoms with Crippen molar-refractivity contribution in [3.63, 3.8) is 0 Å². The van der Waals surface area contributed by atoms with Crippen molar-refractivity contribution in [3.8, 4) is 0 Å². The van der Waals surface area contributed by atoms with E-state index in [0.717, 1.165) is 5.01 Å². The van der Waals surface area contributed by atoms with Crippen molar-refractivity contribution in [1.82, 2.24) is 9.88 Å². The average Bonchev–Trinajstić information content (AvgIpc) is 2.34. The van der Waals surface area contributed by atoms with Crippen LogP contribution in [0, 0.1) is 0 Å². The predicted octanol–water partition coefficient (Wildman–Crippen LogP) is 0.903. The fourth-order valence-corrected chi connectivity index (χ4v) is 1.63. The van der Waals surface area contributed by atoms with Gasteiger partial charge >= 0.3 is 5.97 Å². The molecule has 0 unspecified atom stereocenters. The van der Waals surface area contributed by atoms with Crippen LogP contribution in [-0.2, 0) is 6.54 Å². The molecule has 0 amide bonds. The van der Waals surface area contributed by atoms with Crippen LogP contribution in [0.15, 0.2) is 6.20 Å². The number of hydrogen-bond donors (Lipinski definition) is 1. The zero-order chi connectivity index (χ0) is 9.14. The molecule has 1 aromatic rings. The zero-order valence-corrected chi connectivity index (χ0v) is 7.76. The number of thiazole rings is 1. The maximum absolute atomic E-state index is 10.5. The van der Waals surface area contributed by atoms with Crippen LogP contribution >= 0.6 is 11.3 Å². The highest BCUT2D eigenvalue weighted by atomic mass is 32.1. The van der Waals surface area contributed by atoms with Crippen LogP contribution in [0.25, 0.3) is 0 Å². The van der Waals surface area contributed by atoms with E-state index in [-0.39, 0.29) is 0 Å². The van der Waals surface area contributed by atoms with Crippen LogP contribution in [0.5, 0.6) is 0 Å². The lowest BCUT2D eigenvalue weighted by Gasteiger charge is -2.04. The highest BCUT2D eigenvalue weighted by Gasteiger charge is 2.08. The van der Waals surface area contributed by atoms with Crippen LogP contribution in [0.3, 0.4) is 0 Å². The average molecular weight is 186 g/mol. The molecular weight excluding hydrogens is 176 g/mol. The minimum Gasteiger partial charge on any atom is -0.477 e. The van der Waals surface area contributed by atoms with E-state index in [1.165, 1.54) is 17.5 Å². The summed E-state index contributed by atoms with van der Waals surface area (Å²) in [6, 6.07) is 0. The van der Waals surface area contributed by atoms with Crippen LogP contribution in [0.2, 0.25) is 0 Å². The van der Waals surface area contributed by atoms with E-state index in [2.05, 4.69) is 4.98 Å². The SMILES string of the molecule is CN(C)Cc1ncc(C(=O)O)s1. The summed E-state index contributed by atoms with van der Waals surface area (Å²) >= 11 is 1.22. The van der Waals surface area contributed by atoms with Gasteiger partial charge in [0.2, 0.25) is 0 Å². The fourth-order valence-electron chi connectivity index (χ4n) is 0.753. The molecule has 0 saturated heterocycles. The lowest BCUT2D eigenvalue weighted by molar-refractivity contribution is 0.0702. The van der Waals surface area contributed by atoms with Crippen molar-refractivity contribution in [3.05, 3.63) is 16.1 Å². The molecule has 1 N–H and O–H groups in total. The van der Waals surface area contributed by atoms with Crippen molar-refractivity contribution in [2.24, 2.45) is 0 Å². The van der Waals surface area contributed by atoms with Gasteiger partial charge in [-0.3, -0.25) is 0 Å². The minimum atomic E-state index is -0.905. The quantitative estimate of drug-likeness (QED) is 0.762. The summed E-state index contributed by atoms with van der Waals surface area (Å²) in [6.07, 6.45) is 1.39. The maximum atomic E-state index is 10.5. The van der Waals surface area contributed by atoms with Gasteiger partial charge in [-0.25, -0.2) is 9.78 Å². The Morgan fingerprint density at radius 3 is 2.83 bits per heavy atom. The lowest BCUT2D eigenvalue weighted by atomic mass is 10.6. The summed E-state index contributed by atoms with van der Waals surface area (Å²) in [5.74, 6) is -0.905. The first-order chi connectivity index (χ1) is 5.59. The summed E-state index contributed by atoms with van der Waals surface area (Å²) in [6.45, 7) is 0.692. The lowest BCUT2D eigenvalue weighted by Crippen LogP contribution is -2.09. The molecule has 0 radical (unpaired) electrons. The third-order valence-corrected chi connectivity index (χ3v) is 2.19. The van der Waals surface area contributed by atoms with Gasteiger partial charge in [0, 0.05) is 6.54 Å².